The van der Waals surface area contributed by atoms with Gasteiger partial charge in [-0.1, -0.05) is 18.2 Å². The van der Waals surface area contributed by atoms with E-state index in [-0.39, 0.29) is 19.1 Å². The Hall–Kier alpha value is -1.85. The van der Waals surface area contributed by atoms with E-state index in [4.69, 9.17) is 4.74 Å². The zero-order chi connectivity index (χ0) is 17.8. The third-order valence-corrected chi connectivity index (χ3v) is 5.78. The fourth-order valence-corrected chi connectivity index (χ4v) is 4.34. The molecule has 0 radical (unpaired) electrons. The summed E-state index contributed by atoms with van der Waals surface area (Å²) in [6, 6.07) is 7.95. The molecular formula is C20H25NO3S. The molecular weight excluding hydrogens is 334 g/mol. The summed E-state index contributed by atoms with van der Waals surface area (Å²) < 4.78 is 5.73. The number of aryl methyl sites for hydroxylation is 4. The number of carbonyl (C=O) groups is 1. The van der Waals surface area contributed by atoms with Crippen LogP contribution in [0.3, 0.4) is 0 Å². The van der Waals surface area contributed by atoms with Crippen LogP contribution in [0.25, 0.3) is 0 Å². The van der Waals surface area contributed by atoms with E-state index in [1.54, 1.807) is 11.3 Å². The average Bonchev–Trinajstić information content (AvgIpc) is 3.03. The van der Waals surface area contributed by atoms with E-state index in [0.717, 1.165) is 34.6 Å². The van der Waals surface area contributed by atoms with Crippen molar-refractivity contribution in [3.05, 3.63) is 50.7 Å². The Morgan fingerprint density at radius 2 is 2.00 bits per heavy atom. The van der Waals surface area contributed by atoms with Crippen LogP contribution < -0.4 is 10.1 Å². The molecule has 1 aromatic heterocycles. The summed E-state index contributed by atoms with van der Waals surface area (Å²) in [6.07, 6.45) is 3.84. The highest BCUT2D eigenvalue weighted by molar-refractivity contribution is 7.14. The summed E-state index contributed by atoms with van der Waals surface area (Å²) in [4.78, 5) is 14.4. The van der Waals surface area contributed by atoms with E-state index in [1.165, 1.54) is 23.3 Å². The smallest absolute Gasteiger partial charge is 0.261 e. The van der Waals surface area contributed by atoms with E-state index < -0.39 is 6.10 Å². The van der Waals surface area contributed by atoms with Crippen LogP contribution in [0.1, 0.15) is 44.1 Å². The molecule has 0 spiro atoms. The van der Waals surface area contributed by atoms with Crippen molar-refractivity contribution in [2.24, 2.45) is 0 Å². The number of nitrogens with one attached hydrogen (secondary N) is 1. The quantitative estimate of drug-likeness (QED) is 0.831. The van der Waals surface area contributed by atoms with Crippen molar-refractivity contribution >= 4 is 17.2 Å². The molecule has 1 aliphatic carbocycles. The molecule has 2 N–H and O–H groups in total. The number of rotatable bonds is 6. The molecule has 2 aromatic rings. The minimum absolute atomic E-state index is 0.106. The molecule has 0 bridgehead atoms. The van der Waals surface area contributed by atoms with E-state index in [2.05, 4.69) is 5.32 Å². The van der Waals surface area contributed by atoms with Gasteiger partial charge in [0.15, 0.2) is 0 Å². The van der Waals surface area contributed by atoms with Crippen molar-refractivity contribution in [1.29, 1.82) is 0 Å². The van der Waals surface area contributed by atoms with Crippen molar-refractivity contribution in [2.45, 2.75) is 45.6 Å². The second-order valence-electron chi connectivity index (χ2n) is 6.66. The van der Waals surface area contributed by atoms with Crippen LogP contribution in [-0.2, 0) is 12.8 Å². The van der Waals surface area contributed by atoms with Crippen LogP contribution in [-0.4, -0.2) is 30.3 Å². The first-order valence-corrected chi connectivity index (χ1v) is 9.63. The number of carbonyl (C=O) groups excluding carboxylic acids is 1. The van der Waals surface area contributed by atoms with Crippen molar-refractivity contribution in [3.8, 4) is 5.75 Å². The molecule has 3 rings (SSSR count). The number of ether oxygens (including phenoxy) is 1. The van der Waals surface area contributed by atoms with Crippen molar-refractivity contribution in [2.75, 3.05) is 13.2 Å². The fourth-order valence-electron chi connectivity index (χ4n) is 3.17. The number of aliphatic hydroxyl groups is 1. The van der Waals surface area contributed by atoms with Crippen LogP contribution in [0.5, 0.6) is 5.75 Å². The molecule has 25 heavy (non-hydrogen) atoms. The second kappa shape index (κ2) is 8.02. The number of thiophene rings is 1. The largest absolute Gasteiger partial charge is 0.490 e. The van der Waals surface area contributed by atoms with Gasteiger partial charge in [0, 0.05) is 11.4 Å². The van der Waals surface area contributed by atoms with Crippen LogP contribution >= 0.6 is 11.3 Å². The Morgan fingerprint density at radius 1 is 1.28 bits per heavy atom. The number of benzene rings is 1. The highest BCUT2D eigenvalue weighted by atomic mass is 32.1. The maximum atomic E-state index is 12.3. The molecule has 1 amide bonds. The lowest BCUT2D eigenvalue weighted by molar-refractivity contribution is 0.0844. The summed E-state index contributed by atoms with van der Waals surface area (Å²) in [5.74, 6) is 0.698. The molecule has 1 unspecified atom stereocenters. The monoisotopic (exact) mass is 359 g/mol. The molecule has 0 saturated carbocycles. The summed E-state index contributed by atoms with van der Waals surface area (Å²) in [6.45, 7) is 4.31. The van der Waals surface area contributed by atoms with E-state index in [9.17, 15) is 9.90 Å². The highest BCUT2D eigenvalue weighted by Crippen LogP contribution is 2.29. The van der Waals surface area contributed by atoms with Gasteiger partial charge in [-0.2, -0.15) is 0 Å². The molecule has 0 saturated heterocycles. The summed E-state index contributed by atoms with van der Waals surface area (Å²) >= 11 is 1.58. The molecule has 5 heteroatoms. The molecule has 0 fully saturated rings. The molecule has 134 valence electrons. The van der Waals surface area contributed by atoms with Crippen molar-refractivity contribution in [1.82, 2.24) is 5.32 Å². The highest BCUT2D eigenvalue weighted by Gasteiger charge is 2.18. The number of fused-ring (bicyclic) bond motifs is 1. The first-order chi connectivity index (χ1) is 12.0. The summed E-state index contributed by atoms with van der Waals surface area (Å²) in [5, 5.41) is 12.9. The first kappa shape index (κ1) is 18.0. The van der Waals surface area contributed by atoms with Crippen LogP contribution in [0, 0.1) is 13.8 Å². The second-order valence-corrected chi connectivity index (χ2v) is 7.80. The zero-order valence-electron chi connectivity index (χ0n) is 14.8. The molecule has 1 heterocycles. The first-order valence-electron chi connectivity index (χ1n) is 8.81. The molecule has 1 atom stereocenters. The zero-order valence-corrected chi connectivity index (χ0v) is 15.6. The Balaban J connectivity index is 1.49. The van der Waals surface area contributed by atoms with Gasteiger partial charge < -0.3 is 15.2 Å². The Kier molecular flexibility index (Phi) is 5.76. The van der Waals surface area contributed by atoms with Gasteiger partial charge in [0.1, 0.15) is 18.5 Å². The van der Waals surface area contributed by atoms with Gasteiger partial charge in [-0.05, 0) is 62.3 Å². The normalized spacial score (nSPS) is 14.7. The van der Waals surface area contributed by atoms with Gasteiger partial charge >= 0.3 is 0 Å². The van der Waals surface area contributed by atoms with E-state index in [1.807, 2.05) is 38.1 Å². The molecule has 0 aliphatic heterocycles. The number of amides is 1. The summed E-state index contributed by atoms with van der Waals surface area (Å²) in [5.41, 5.74) is 3.40. The number of hydrogen-bond donors (Lipinski definition) is 2. The predicted octanol–water partition coefficient (Wildman–Crippen LogP) is 3.41. The average molecular weight is 359 g/mol. The maximum absolute atomic E-state index is 12.3. The Bertz CT molecular complexity index is 710. The minimum Gasteiger partial charge on any atom is -0.490 e. The van der Waals surface area contributed by atoms with Crippen LogP contribution in [0.2, 0.25) is 0 Å². The number of aliphatic hydroxyl groups excluding tert-OH is 1. The van der Waals surface area contributed by atoms with Crippen LogP contribution in [0.4, 0.5) is 0 Å². The van der Waals surface area contributed by atoms with E-state index in [0.29, 0.717) is 0 Å². The fraction of sp³-hybridized carbons (Fsp3) is 0.450. The topological polar surface area (TPSA) is 58.6 Å². The third kappa shape index (κ3) is 4.41. The van der Waals surface area contributed by atoms with Gasteiger partial charge in [-0.25, -0.2) is 0 Å². The predicted molar refractivity (Wildman–Crippen MR) is 101 cm³/mol. The lowest BCUT2D eigenvalue weighted by Gasteiger charge is -2.16. The van der Waals surface area contributed by atoms with Crippen LogP contribution in [0.15, 0.2) is 24.3 Å². The van der Waals surface area contributed by atoms with Gasteiger partial charge in [0.25, 0.3) is 5.91 Å². The lowest BCUT2D eigenvalue weighted by atomic mass is 9.99. The summed E-state index contributed by atoms with van der Waals surface area (Å²) in [7, 11) is 0. The molecule has 1 aromatic carbocycles. The molecule has 4 nitrogen and oxygen atoms in total. The van der Waals surface area contributed by atoms with Gasteiger partial charge in [0.05, 0.1) is 4.88 Å². The SMILES string of the molecule is Cc1cccc(C)c1OCC(O)CNC(=O)c1cc2c(s1)CCCC2. The van der Waals surface area contributed by atoms with E-state index >= 15 is 0 Å². The lowest BCUT2D eigenvalue weighted by Crippen LogP contribution is -2.35. The maximum Gasteiger partial charge on any atom is 0.261 e. The van der Waals surface area contributed by atoms with Gasteiger partial charge in [-0.3, -0.25) is 4.79 Å². The standard InChI is InChI=1S/C20H25NO3S/c1-13-6-5-7-14(2)19(13)24-12-16(22)11-21-20(23)18-10-15-8-3-4-9-17(15)25-18/h5-7,10,16,22H,3-4,8-9,11-12H2,1-2H3,(H,21,23). The van der Waals surface area contributed by atoms with Crippen molar-refractivity contribution < 1.29 is 14.6 Å². The van der Waals surface area contributed by atoms with Gasteiger partial charge in [-0.15, -0.1) is 11.3 Å². The molecule has 1 aliphatic rings. The third-order valence-electron chi connectivity index (χ3n) is 4.55. The number of hydrogen-bond acceptors (Lipinski definition) is 4. The number of para-hydroxylation sites is 1. The minimum atomic E-state index is -0.738. The van der Waals surface area contributed by atoms with Crippen molar-refractivity contribution in [3.63, 3.8) is 0 Å². The Labute approximate surface area is 152 Å². The van der Waals surface area contributed by atoms with Gasteiger partial charge in [0.2, 0.25) is 0 Å². The Morgan fingerprint density at radius 3 is 2.72 bits per heavy atom.